The molecule has 0 aromatic rings. The molecule has 0 saturated carbocycles. The lowest BCUT2D eigenvalue weighted by Gasteiger charge is -2.32. The SMILES string of the molecule is C=CC(C)(O)C(C)(C)C=O. The fourth-order valence-corrected chi connectivity index (χ4v) is 0.382. The lowest BCUT2D eigenvalue weighted by atomic mass is 9.77. The summed E-state index contributed by atoms with van der Waals surface area (Å²) in [7, 11) is 0. The Morgan fingerprint density at radius 3 is 1.90 bits per heavy atom. The second-order valence-electron chi connectivity index (χ2n) is 3.19. The maximum atomic E-state index is 10.4. The minimum absolute atomic E-state index is 0.731. The van der Waals surface area contributed by atoms with Crippen LogP contribution in [0.4, 0.5) is 0 Å². The normalized spacial score (nSPS) is 17.6. The van der Waals surface area contributed by atoms with Gasteiger partial charge in [0.2, 0.25) is 0 Å². The van der Waals surface area contributed by atoms with E-state index in [1.54, 1.807) is 20.8 Å². The Morgan fingerprint density at radius 2 is 1.80 bits per heavy atom. The van der Waals surface area contributed by atoms with Crippen LogP contribution < -0.4 is 0 Å². The number of hydrogen-bond donors (Lipinski definition) is 1. The molecular formula is C8H14O2. The summed E-state index contributed by atoms with van der Waals surface area (Å²) >= 11 is 0. The van der Waals surface area contributed by atoms with Gasteiger partial charge in [-0.05, 0) is 6.92 Å². The van der Waals surface area contributed by atoms with Crippen molar-refractivity contribution in [2.45, 2.75) is 26.4 Å². The molecule has 0 aromatic carbocycles. The Hall–Kier alpha value is -0.630. The van der Waals surface area contributed by atoms with E-state index in [4.69, 9.17) is 0 Å². The van der Waals surface area contributed by atoms with Crippen LogP contribution in [0.3, 0.4) is 0 Å². The van der Waals surface area contributed by atoms with Gasteiger partial charge in [-0.2, -0.15) is 0 Å². The van der Waals surface area contributed by atoms with Crippen LogP contribution in [0, 0.1) is 5.41 Å². The molecule has 0 saturated heterocycles. The Labute approximate surface area is 61.6 Å². The maximum Gasteiger partial charge on any atom is 0.128 e. The van der Waals surface area contributed by atoms with E-state index in [-0.39, 0.29) is 0 Å². The molecule has 0 heterocycles. The minimum atomic E-state index is -1.12. The number of aliphatic hydroxyl groups is 1. The Morgan fingerprint density at radius 1 is 1.40 bits per heavy atom. The fourth-order valence-electron chi connectivity index (χ4n) is 0.382. The van der Waals surface area contributed by atoms with E-state index in [1.807, 2.05) is 0 Å². The Balaban J connectivity index is 4.59. The molecule has 0 bridgehead atoms. The van der Waals surface area contributed by atoms with Crippen molar-refractivity contribution >= 4 is 6.29 Å². The summed E-state index contributed by atoms with van der Waals surface area (Å²) in [6.07, 6.45) is 2.11. The zero-order chi connectivity index (χ0) is 8.41. The molecule has 0 aliphatic rings. The van der Waals surface area contributed by atoms with E-state index >= 15 is 0 Å². The third-order valence-corrected chi connectivity index (χ3v) is 2.00. The van der Waals surface area contributed by atoms with Crippen LogP contribution in [0.15, 0.2) is 12.7 Å². The van der Waals surface area contributed by atoms with E-state index < -0.39 is 11.0 Å². The van der Waals surface area contributed by atoms with E-state index in [9.17, 15) is 9.90 Å². The summed E-state index contributed by atoms with van der Waals surface area (Å²) < 4.78 is 0. The predicted molar refractivity (Wildman–Crippen MR) is 40.7 cm³/mol. The molecule has 0 fully saturated rings. The van der Waals surface area contributed by atoms with Gasteiger partial charge in [-0.1, -0.05) is 19.9 Å². The number of carbonyl (C=O) groups is 1. The molecule has 2 nitrogen and oxygen atoms in total. The zero-order valence-electron chi connectivity index (χ0n) is 6.72. The lowest BCUT2D eigenvalue weighted by molar-refractivity contribution is -0.123. The van der Waals surface area contributed by atoms with E-state index in [0.717, 1.165) is 6.29 Å². The van der Waals surface area contributed by atoms with Gasteiger partial charge in [0.1, 0.15) is 6.29 Å². The van der Waals surface area contributed by atoms with Gasteiger partial charge >= 0.3 is 0 Å². The van der Waals surface area contributed by atoms with Gasteiger partial charge in [0.15, 0.2) is 0 Å². The third kappa shape index (κ3) is 1.45. The molecule has 0 amide bonds. The number of carbonyl (C=O) groups excluding carboxylic acids is 1. The minimum Gasteiger partial charge on any atom is -0.385 e. The molecule has 10 heavy (non-hydrogen) atoms. The molecule has 0 rings (SSSR count). The van der Waals surface area contributed by atoms with Gasteiger partial charge in [-0.15, -0.1) is 6.58 Å². The third-order valence-electron chi connectivity index (χ3n) is 2.00. The summed E-state index contributed by atoms with van der Waals surface area (Å²) in [6, 6.07) is 0. The van der Waals surface area contributed by atoms with Crippen molar-refractivity contribution in [1.29, 1.82) is 0 Å². The van der Waals surface area contributed by atoms with Crippen LogP contribution in [0.5, 0.6) is 0 Å². The molecule has 58 valence electrons. The molecule has 0 aliphatic carbocycles. The first kappa shape index (κ1) is 9.37. The van der Waals surface area contributed by atoms with Crippen LogP contribution in [-0.4, -0.2) is 17.0 Å². The molecule has 1 unspecified atom stereocenters. The second-order valence-corrected chi connectivity index (χ2v) is 3.19. The average molecular weight is 142 g/mol. The van der Waals surface area contributed by atoms with Crippen LogP contribution in [0.25, 0.3) is 0 Å². The monoisotopic (exact) mass is 142 g/mol. The van der Waals surface area contributed by atoms with E-state index in [1.165, 1.54) is 6.08 Å². The highest BCUT2D eigenvalue weighted by atomic mass is 16.3. The molecule has 1 atom stereocenters. The van der Waals surface area contributed by atoms with E-state index in [0.29, 0.717) is 0 Å². The first-order valence-corrected chi connectivity index (χ1v) is 3.19. The molecule has 0 aliphatic heterocycles. The molecule has 0 radical (unpaired) electrons. The highest BCUT2D eigenvalue weighted by molar-refractivity contribution is 5.61. The smallest absolute Gasteiger partial charge is 0.128 e. The van der Waals surface area contributed by atoms with Gasteiger partial charge in [0.25, 0.3) is 0 Å². The van der Waals surface area contributed by atoms with Gasteiger partial charge in [0.05, 0.1) is 11.0 Å². The number of hydrogen-bond acceptors (Lipinski definition) is 2. The summed E-state index contributed by atoms with van der Waals surface area (Å²) in [5, 5.41) is 9.50. The summed E-state index contributed by atoms with van der Waals surface area (Å²) in [5.74, 6) is 0. The lowest BCUT2D eigenvalue weighted by Crippen LogP contribution is -2.40. The summed E-state index contributed by atoms with van der Waals surface area (Å²) in [6.45, 7) is 8.34. The van der Waals surface area contributed by atoms with Crippen LogP contribution in [-0.2, 0) is 4.79 Å². The average Bonchev–Trinajstić information content (AvgIpc) is 1.88. The highest BCUT2D eigenvalue weighted by Gasteiger charge is 2.36. The zero-order valence-corrected chi connectivity index (χ0v) is 6.72. The van der Waals surface area contributed by atoms with Crippen molar-refractivity contribution in [2.24, 2.45) is 5.41 Å². The van der Waals surface area contributed by atoms with Crippen molar-refractivity contribution in [3.05, 3.63) is 12.7 Å². The highest BCUT2D eigenvalue weighted by Crippen LogP contribution is 2.28. The molecule has 1 N–H and O–H groups in total. The van der Waals surface area contributed by atoms with Gasteiger partial charge in [0, 0.05) is 0 Å². The number of rotatable bonds is 3. The van der Waals surface area contributed by atoms with Crippen molar-refractivity contribution < 1.29 is 9.90 Å². The quantitative estimate of drug-likeness (QED) is 0.474. The van der Waals surface area contributed by atoms with Crippen molar-refractivity contribution in [3.8, 4) is 0 Å². The largest absolute Gasteiger partial charge is 0.385 e. The first-order chi connectivity index (χ1) is 4.37. The maximum absolute atomic E-state index is 10.4. The Bertz CT molecular complexity index is 127. The van der Waals surface area contributed by atoms with Gasteiger partial charge in [-0.25, -0.2) is 0 Å². The fraction of sp³-hybridized carbons (Fsp3) is 0.625. The molecular weight excluding hydrogens is 128 g/mol. The summed E-state index contributed by atoms with van der Waals surface area (Å²) in [5.41, 5.74) is -1.87. The molecule has 0 aromatic heterocycles. The van der Waals surface area contributed by atoms with Crippen LogP contribution in [0.1, 0.15) is 20.8 Å². The first-order valence-electron chi connectivity index (χ1n) is 3.19. The van der Waals surface area contributed by atoms with Gasteiger partial charge in [-0.3, -0.25) is 0 Å². The predicted octanol–water partition coefficient (Wildman–Crippen LogP) is 1.15. The second kappa shape index (κ2) is 2.54. The van der Waals surface area contributed by atoms with Crippen molar-refractivity contribution in [2.75, 3.05) is 0 Å². The Kier molecular flexibility index (Phi) is 2.38. The van der Waals surface area contributed by atoms with E-state index in [2.05, 4.69) is 6.58 Å². The van der Waals surface area contributed by atoms with Gasteiger partial charge < -0.3 is 9.90 Å². The molecule has 0 spiro atoms. The standard InChI is InChI=1S/C8H14O2/c1-5-8(4,10)7(2,3)6-9/h5-6,10H,1H2,2-4H3. The van der Waals surface area contributed by atoms with Crippen molar-refractivity contribution in [3.63, 3.8) is 0 Å². The van der Waals surface area contributed by atoms with Crippen LogP contribution in [0.2, 0.25) is 0 Å². The van der Waals surface area contributed by atoms with Crippen LogP contribution >= 0.6 is 0 Å². The summed E-state index contributed by atoms with van der Waals surface area (Å²) in [4.78, 5) is 10.4. The molecule has 2 heteroatoms. The topological polar surface area (TPSA) is 37.3 Å². The van der Waals surface area contributed by atoms with Crippen molar-refractivity contribution in [1.82, 2.24) is 0 Å². The number of aldehydes is 1.